The van der Waals surface area contributed by atoms with Crippen LogP contribution in [0.4, 0.5) is 26.3 Å². The number of likely N-dealkylation sites (N-methyl/N-ethyl adjacent to an activating group) is 1. The van der Waals surface area contributed by atoms with Crippen LogP contribution in [0, 0.1) is 0 Å². The molecule has 3 heterocycles. The highest BCUT2D eigenvalue weighted by molar-refractivity contribution is 5.87. The summed E-state index contributed by atoms with van der Waals surface area (Å²) in [4.78, 5) is 39.8. The van der Waals surface area contributed by atoms with Crippen LogP contribution in [0.1, 0.15) is 43.2 Å². The standard InChI is InChI=1S/C22H27N3O.2C2HF3O2/c1-2-25-21(26)20(19-8-4-3-5-9-19)15-22(25)10-13-24(14-11-22)17-18-7-6-12-23-16-18;2*3-2(4,5)1(6)7/h3-9,12,16,20H,2,10-11,13-15,17H2,1H3;2*(H,6,7). The summed E-state index contributed by atoms with van der Waals surface area (Å²) < 4.78 is 63.5. The van der Waals surface area contributed by atoms with Crippen LogP contribution in [0.15, 0.2) is 54.9 Å². The number of halogens is 6. The molecule has 2 aliphatic heterocycles. The second-order valence-corrected chi connectivity index (χ2v) is 9.22. The molecule has 0 aliphatic carbocycles. The van der Waals surface area contributed by atoms with Gasteiger partial charge in [0.25, 0.3) is 0 Å². The minimum atomic E-state index is -5.08. The second-order valence-electron chi connectivity index (χ2n) is 9.22. The van der Waals surface area contributed by atoms with Crippen LogP contribution >= 0.6 is 0 Å². The van der Waals surface area contributed by atoms with Crippen LogP contribution in [-0.2, 0) is 20.9 Å². The Bertz CT molecular complexity index is 1100. The third-order valence-electron chi connectivity index (χ3n) is 6.64. The number of carboxylic acid groups (broad SMARTS) is 2. The number of aliphatic carboxylic acids is 2. The summed E-state index contributed by atoms with van der Waals surface area (Å²) in [5.41, 5.74) is 2.48. The number of hydrogen-bond acceptors (Lipinski definition) is 5. The Morgan fingerprint density at radius 3 is 1.90 bits per heavy atom. The lowest BCUT2D eigenvalue weighted by Crippen LogP contribution is -2.52. The molecule has 2 fully saturated rings. The van der Waals surface area contributed by atoms with Gasteiger partial charge >= 0.3 is 24.3 Å². The molecule has 2 N–H and O–H groups in total. The van der Waals surface area contributed by atoms with Crippen molar-refractivity contribution in [2.75, 3.05) is 19.6 Å². The Kier molecular flexibility index (Phi) is 11.1. The molecule has 1 aromatic carbocycles. The first-order valence-corrected chi connectivity index (χ1v) is 12.2. The molecule has 0 bridgehead atoms. The predicted octanol–water partition coefficient (Wildman–Crippen LogP) is 4.72. The Balaban J connectivity index is 0.000000333. The number of rotatable bonds is 4. The van der Waals surface area contributed by atoms with Gasteiger partial charge in [0.1, 0.15) is 0 Å². The van der Waals surface area contributed by atoms with Gasteiger partial charge in [-0.05, 0) is 43.4 Å². The molecule has 4 rings (SSSR count). The van der Waals surface area contributed by atoms with Crippen LogP contribution in [0.25, 0.3) is 0 Å². The summed E-state index contributed by atoms with van der Waals surface area (Å²) in [5.74, 6) is -5.17. The van der Waals surface area contributed by atoms with Gasteiger partial charge in [0.15, 0.2) is 0 Å². The van der Waals surface area contributed by atoms with Gasteiger partial charge in [-0.15, -0.1) is 0 Å². The number of alkyl halides is 6. The molecule has 8 nitrogen and oxygen atoms in total. The van der Waals surface area contributed by atoms with Crippen LogP contribution in [0.5, 0.6) is 0 Å². The zero-order chi connectivity index (χ0) is 30.1. The average Bonchev–Trinajstić information content (AvgIpc) is 3.17. The van der Waals surface area contributed by atoms with E-state index in [1.165, 1.54) is 11.1 Å². The van der Waals surface area contributed by atoms with Crippen molar-refractivity contribution in [2.24, 2.45) is 0 Å². The molecule has 0 saturated carbocycles. The maximum Gasteiger partial charge on any atom is 0.490 e. The monoisotopic (exact) mass is 577 g/mol. The average molecular weight is 578 g/mol. The Labute approximate surface area is 226 Å². The van der Waals surface area contributed by atoms with Crippen molar-refractivity contribution >= 4 is 17.8 Å². The van der Waals surface area contributed by atoms with Gasteiger partial charge in [-0.2, -0.15) is 26.3 Å². The fourth-order valence-electron chi connectivity index (χ4n) is 4.79. The summed E-state index contributed by atoms with van der Waals surface area (Å²) in [6.45, 7) is 5.96. The number of piperidine rings is 1. The van der Waals surface area contributed by atoms with E-state index in [9.17, 15) is 31.1 Å². The van der Waals surface area contributed by atoms with E-state index >= 15 is 0 Å². The highest BCUT2D eigenvalue weighted by Gasteiger charge is 2.51. The first-order valence-electron chi connectivity index (χ1n) is 12.2. The van der Waals surface area contributed by atoms with Gasteiger partial charge in [0, 0.05) is 44.1 Å². The number of hydrogen-bond donors (Lipinski definition) is 2. The number of amides is 1. The molecule has 1 aromatic heterocycles. The van der Waals surface area contributed by atoms with Crippen molar-refractivity contribution in [1.29, 1.82) is 0 Å². The van der Waals surface area contributed by atoms with E-state index in [1.807, 2.05) is 36.7 Å². The Morgan fingerprint density at radius 1 is 0.950 bits per heavy atom. The van der Waals surface area contributed by atoms with E-state index in [2.05, 4.69) is 39.9 Å². The van der Waals surface area contributed by atoms with Crippen molar-refractivity contribution in [2.45, 2.75) is 56.5 Å². The summed E-state index contributed by atoms with van der Waals surface area (Å²) in [6.07, 6.45) is -3.30. The molecule has 14 heteroatoms. The molecule has 1 amide bonds. The van der Waals surface area contributed by atoms with E-state index in [1.54, 1.807) is 0 Å². The summed E-state index contributed by atoms with van der Waals surface area (Å²) in [5, 5.41) is 14.2. The van der Waals surface area contributed by atoms with Gasteiger partial charge in [-0.3, -0.25) is 14.7 Å². The highest BCUT2D eigenvalue weighted by atomic mass is 19.4. The minimum Gasteiger partial charge on any atom is -0.475 e. The molecule has 2 saturated heterocycles. The largest absolute Gasteiger partial charge is 0.490 e. The maximum atomic E-state index is 13.1. The lowest BCUT2D eigenvalue weighted by atomic mass is 9.81. The number of benzene rings is 1. The number of carboxylic acids is 2. The molecule has 2 aromatic rings. The number of aromatic nitrogens is 1. The van der Waals surface area contributed by atoms with E-state index < -0.39 is 24.3 Å². The summed E-state index contributed by atoms with van der Waals surface area (Å²) in [6, 6.07) is 14.5. The van der Waals surface area contributed by atoms with Crippen LogP contribution in [0.2, 0.25) is 0 Å². The molecule has 1 unspecified atom stereocenters. The molecular formula is C26H29F6N3O5. The molecule has 40 heavy (non-hydrogen) atoms. The first-order chi connectivity index (χ1) is 18.6. The van der Waals surface area contributed by atoms with Crippen molar-refractivity contribution in [1.82, 2.24) is 14.8 Å². The quantitative estimate of drug-likeness (QED) is 0.506. The second kappa shape index (κ2) is 13.6. The van der Waals surface area contributed by atoms with Gasteiger partial charge in [-0.1, -0.05) is 36.4 Å². The lowest BCUT2D eigenvalue weighted by molar-refractivity contribution is -0.193. The SMILES string of the molecule is CCN1C(=O)C(c2ccccc2)CC12CCN(Cc1cccnc1)CC2.O=C(O)C(F)(F)F.O=C(O)C(F)(F)F. The van der Waals surface area contributed by atoms with E-state index in [0.29, 0.717) is 5.91 Å². The summed E-state index contributed by atoms with van der Waals surface area (Å²) >= 11 is 0. The van der Waals surface area contributed by atoms with Gasteiger partial charge in [0.2, 0.25) is 5.91 Å². The van der Waals surface area contributed by atoms with Crippen molar-refractivity contribution in [3.8, 4) is 0 Å². The summed E-state index contributed by atoms with van der Waals surface area (Å²) in [7, 11) is 0. The zero-order valence-electron chi connectivity index (χ0n) is 21.5. The molecule has 220 valence electrons. The highest BCUT2D eigenvalue weighted by Crippen LogP contribution is 2.45. The zero-order valence-corrected chi connectivity index (χ0v) is 21.5. The predicted molar refractivity (Wildman–Crippen MR) is 130 cm³/mol. The number of carbonyl (C=O) groups is 3. The van der Waals surface area contributed by atoms with E-state index in [4.69, 9.17) is 19.8 Å². The molecule has 1 spiro atoms. The lowest BCUT2D eigenvalue weighted by Gasteiger charge is -2.44. The Morgan fingerprint density at radius 2 is 1.48 bits per heavy atom. The number of nitrogens with zero attached hydrogens (tertiary/aromatic N) is 3. The van der Waals surface area contributed by atoms with Crippen LogP contribution in [-0.4, -0.2) is 80.4 Å². The fourth-order valence-corrected chi connectivity index (χ4v) is 4.79. The Hall–Kier alpha value is -3.68. The van der Waals surface area contributed by atoms with Gasteiger partial charge < -0.3 is 15.1 Å². The minimum absolute atomic E-state index is 0.0287. The van der Waals surface area contributed by atoms with Crippen LogP contribution in [0.3, 0.4) is 0 Å². The number of carbonyl (C=O) groups excluding carboxylic acids is 1. The topological polar surface area (TPSA) is 111 Å². The smallest absolute Gasteiger partial charge is 0.475 e. The first kappa shape index (κ1) is 32.5. The third-order valence-corrected chi connectivity index (χ3v) is 6.64. The third kappa shape index (κ3) is 8.93. The maximum absolute atomic E-state index is 13.1. The number of pyridine rings is 1. The normalized spacial score (nSPS) is 18.8. The van der Waals surface area contributed by atoms with Crippen molar-refractivity contribution < 1.29 is 50.9 Å². The van der Waals surface area contributed by atoms with Gasteiger partial charge in [-0.25, -0.2) is 9.59 Å². The van der Waals surface area contributed by atoms with E-state index in [0.717, 1.165) is 45.4 Å². The van der Waals surface area contributed by atoms with Crippen LogP contribution < -0.4 is 0 Å². The van der Waals surface area contributed by atoms with Crippen molar-refractivity contribution in [3.63, 3.8) is 0 Å². The molecule has 2 aliphatic rings. The number of likely N-dealkylation sites (tertiary alicyclic amines) is 2. The molecule has 1 atom stereocenters. The molecular weight excluding hydrogens is 548 g/mol. The van der Waals surface area contributed by atoms with Crippen molar-refractivity contribution in [3.05, 3.63) is 66.0 Å². The van der Waals surface area contributed by atoms with E-state index in [-0.39, 0.29) is 11.5 Å². The molecule has 0 radical (unpaired) electrons. The van der Waals surface area contributed by atoms with Gasteiger partial charge in [0.05, 0.1) is 5.92 Å². The fraction of sp³-hybridized carbons (Fsp3) is 0.462.